The van der Waals surface area contributed by atoms with Crippen LogP contribution in [0.1, 0.15) is 31.0 Å². The van der Waals surface area contributed by atoms with Crippen molar-refractivity contribution in [3.05, 3.63) is 11.3 Å². The molecule has 1 aromatic rings. The summed E-state index contributed by atoms with van der Waals surface area (Å²) in [5, 5.41) is 4.28. The summed E-state index contributed by atoms with van der Waals surface area (Å²) in [6, 6.07) is 0. The Balaban J connectivity index is 2.36. The molecule has 5 nitrogen and oxygen atoms in total. The van der Waals surface area contributed by atoms with Gasteiger partial charge < -0.3 is 15.2 Å². The molecule has 0 aliphatic rings. The highest BCUT2D eigenvalue weighted by atomic mass is 16.5. The van der Waals surface area contributed by atoms with Gasteiger partial charge in [-0.1, -0.05) is 13.3 Å². The first-order chi connectivity index (χ1) is 8.20. The van der Waals surface area contributed by atoms with Crippen LogP contribution in [0.15, 0.2) is 0 Å². The summed E-state index contributed by atoms with van der Waals surface area (Å²) < 4.78 is 12.8. The zero-order valence-corrected chi connectivity index (χ0v) is 11.0. The molecule has 98 valence electrons. The standard InChI is InChI=1S/C12H23N3O2/c1-4-5-6-16-7-8-17-12-11(9-13)10(2)14-15(12)3/h4-9,13H2,1-3H3. The molecule has 1 heterocycles. The summed E-state index contributed by atoms with van der Waals surface area (Å²) in [6.45, 7) is 6.47. The van der Waals surface area contributed by atoms with E-state index in [1.807, 2.05) is 14.0 Å². The maximum absolute atomic E-state index is 5.67. The van der Waals surface area contributed by atoms with Crippen molar-refractivity contribution in [1.29, 1.82) is 0 Å². The van der Waals surface area contributed by atoms with Crippen LogP contribution in [0, 0.1) is 6.92 Å². The maximum atomic E-state index is 5.67. The van der Waals surface area contributed by atoms with Gasteiger partial charge in [-0.25, -0.2) is 4.68 Å². The summed E-state index contributed by atoms with van der Waals surface area (Å²) in [7, 11) is 1.86. The fourth-order valence-electron chi connectivity index (χ4n) is 1.64. The number of unbranched alkanes of at least 4 members (excludes halogenated alkanes) is 1. The van der Waals surface area contributed by atoms with Crippen molar-refractivity contribution in [2.45, 2.75) is 33.2 Å². The van der Waals surface area contributed by atoms with Crippen LogP contribution in [-0.2, 0) is 18.3 Å². The van der Waals surface area contributed by atoms with Crippen molar-refractivity contribution in [3.63, 3.8) is 0 Å². The lowest BCUT2D eigenvalue weighted by molar-refractivity contribution is 0.0946. The number of nitrogens with two attached hydrogens (primary N) is 1. The predicted octanol–water partition coefficient (Wildman–Crippen LogP) is 1.38. The van der Waals surface area contributed by atoms with Crippen LogP contribution in [0.2, 0.25) is 0 Å². The van der Waals surface area contributed by atoms with E-state index in [0.717, 1.165) is 36.6 Å². The van der Waals surface area contributed by atoms with E-state index in [4.69, 9.17) is 15.2 Å². The molecular weight excluding hydrogens is 218 g/mol. The number of aryl methyl sites for hydroxylation is 2. The Bertz CT molecular complexity index is 337. The van der Waals surface area contributed by atoms with Crippen LogP contribution in [0.4, 0.5) is 0 Å². The molecule has 0 radical (unpaired) electrons. The van der Waals surface area contributed by atoms with Gasteiger partial charge in [0.15, 0.2) is 0 Å². The highest BCUT2D eigenvalue weighted by molar-refractivity contribution is 5.30. The van der Waals surface area contributed by atoms with E-state index >= 15 is 0 Å². The van der Waals surface area contributed by atoms with Gasteiger partial charge in [-0.2, -0.15) is 5.10 Å². The van der Waals surface area contributed by atoms with Gasteiger partial charge >= 0.3 is 0 Å². The number of ether oxygens (including phenoxy) is 2. The smallest absolute Gasteiger partial charge is 0.216 e. The van der Waals surface area contributed by atoms with Gasteiger partial charge in [0, 0.05) is 20.2 Å². The van der Waals surface area contributed by atoms with Crippen LogP contribution >= 0.6 is 0 Å². The molecule has 0 saturated heterocycles. The van der Waals surface area contributed by atoms with Gasteiger partial charge in [-0.15, -0.1) is 0 Å². The minimum absolute atomic E-state index is 0.450. The Morgan fingerprint density at radius 2 is 2.06 bits per heavy atom. The molecule has 0 saturated carbocycles. The molecule has 2 N–H and O–H groups in total. The van der Waals surface area contributed by atoms with E-state index in [1.165, 1.54) is 0 Å². The molecular formula is C12H23N3O2. The average Bonchev–Trinajstić information content (AvgIpc) is 2.58. The molecule has 0 amide bonds. The first kappa shape index (κ1) is 14.0. The first-order valence-electron chi connectivity index (χ1n) is 6.13. The third-order valence-corrected chi connectivity index (χ3v) is 2.60. The number of hydrogen-bond donors (Lipinski definition) is 1. The van der Waals surface area contributed by atoms with Crippen LogP contribution in [-0.4, -0.2) is 29.6 Å². The van der Waals surface area contributed by atoms with Gasteiger partial charge in [0.1, 0.15) is 6.61 Å². The molecule has 17 heavy (non-hydrogen) atoms. The van der Waals surface area contributed by atoms with Crippen molar-refractivity contribution in [1.82, 2.24) is 9.78 Å². The van der Waals surface area contributed by atoms with Gasteiger partial charge in [0.05, 0.1) is 17.9 Å². The predicted molar refractivity (Wildman–Crippen MR) is 67.1 cm³/mol. The maximum Gasteiger partial charge on any atom is 0.216 e. The second-order valence-corrected chi connectivity index (χ2v) is 4.01. The number of aromatic nitrogens is 2. The van der Waals surface area contributed by atoms with Crippen LogP contribution in [0.25, 0.3) is 0 Å². The summed E-state index contributed by atoms with van der Waals surface area (Å²) in [5.41, 5.74) is 7.57. The molecule has 0 unspecified atom stereocenters. The van der Waals surface area contributed by atoms with E-state index in [9.17, 15) is 0 Å². The molecule has 0 spiro atoms. The van der Waals surface area contributed by atoms with Crippen molar-refractivity contribution < 1.29 is 9.47 Å². The van der Waals surface area contributed by atoms with Crippen molar-refractivity contribution in [3.8, 4) is 5.88 Å². The molecule has 0 atom stereocenters. The van der Waals surface area contributed by atoms with Crippen LogP contribution < -0.4 is 10.5 Å². The van der Waals surface area contributed by atoms with Crippen LogP contribution in [0.5, 0.6) is 5.88 Å². The summed E-state index contributed by atoms with van der Waals surface area (Å²) in [4.78, 5) is 0. The zero-order valence-electron chi connectivity index (χ0n) is 11.0. The van der Waals surface area contributed by atoms with Gasteiger partial charge in [-0.3, -0.25) is 0 Å². The SMILES string of the molecule is CCCCOCCOc1c(CN)c(C)nn1C. The first-order valence-corrected chi connectivity index (χ1v) is 6.13. The summed E-state index contributed by atoms with van der Waals surface area (Å²) in [5.74, 6) is 0.754. The lowest BCUT2D eigenvalue weighted by atomic mass is 10.2. The minimum atomic E-state index is 0.450. The van der Waals surface area contributed by atoms with Gasteiger partial charge in [0.25, 0.3) is 0 Å². The quantitative estimate of drug-likeness (QED) is 0.698. The van der Waals surface area contributed by atoms with Crippen molar-refractivity contribution >= 4 is 0 Å². The highest BCUT2D eigenvalue weighted by Gasteiger charge is 2.12. The Labute approximate surface area is 103 Å². The number of nitrogens with zero attached hydrogens (tertiary/aromatic N) is 2. The van der Waals surface area contributed by atoms with E-state index in [1.54, 1.807) is 4.68 Å². The third kappa shape index (κ3) is 4.02. The fraction of sp³-hybridized carbons (Fsp3) is 0.750. The molecule has 5 heteroatoms. The molecule has 1 rings (SSSR count). The lowest BCUT2D eigenvalue weighted by Gasteiger charge is -2.08. The Kier molecular flexibility index (Phi) is 6.00. The average molecular weight is 241 g/mol. The Morgan fingerprint density at radius 3 is 2.71 bits per heavy atom. The molecule has 0 aromatic carbocycles. The highest BCUT2D eigenvalue weighted by Crippen LogP contribution is 2.20. The van der Waals surface area contributed by atoms with E-state index < -0.39 is 0 Å². The molecule has 0 aliphatic carbocycles. The Hall–Kier alpha value is -1.07. The van der Waals surface area contributed by atoms with Crippen LogP contribution in [0.3, 0.4) is 0 Å². The number of hydrogen-bond acceptors (Lipinski definition) is 4. The minimum Gasteiger partial charge on any atom is -0.475 e. The molecule has 0 aliphatic heterocycles. The zero-order chi connectivity index (χ0) is 12.7. The van der Waals surface area contributed by atoms with Crippen molar-refractivity contribution in [2.24, 2.45) is 12.8 Å². The molecule has 0 fully saturated rings. The van der Waals surface area contributed by atoms with Gasteiger partial charge in [0.2, 0.25) is 5.88 Å². The largest absolute Gasteiger partial charge is 0.475 e. The molecule has 1 aromatic heterocycles. The van der Waals surface area contributed by atoms with E-state index in [-0.39, 0.29) is 0 Å². The topological polar surface area (TPSA) is 62.3 Å². The fourth-order valence-corrected chi connectivity index (χ4v) is 1.64. The van der Waals surface area contributed by atoms with E-state index in [2.05, 4.69) is 12.0 Å². The second-order valence-electron chi connectivity index (χ2n) is 4.01. The molecule has 0 bridgehead atoms. The third-order valence-electron chi connectivity index (χ3n) is 2.60. The summed E-state index contributed by atoms with van der Waals surface area (Å²) >= 11 is 0. The number of rotatable bonds is 8. The van der Waals surface area contributed by atoms with Crippen molar-refractivity contribution in [2.75, 3.05) is 19.8 Å². The monoisotopic (exact) mass is 241 g/mol. The normalized spacial score (nSPS) is 10.8. The van der Waals surface area contributed by atoms with E-state index in [0.29, 0.717) is 19.8 Å². The van der Waals surface area contributed by atoms with Gasteiger partial charge in [-0.05, 0) is 13.3 Å². The summed E-state index contributed by atoms with van der Waals surface area (Å²) in [6.07, 6.45) is 2.25. The lowest BCUT2D eigenvalue weighted by Crippen LogP contribution is -2.11. The Morgan fingerprint density at radius 1 is 1.29 bits per heavy atom. The second kappa shape index (κ2) is 7.29.